The zero-order valence-electron chi connectivity index (χ0n) is 20.5. The Hall–Kier alpha value is -3.56. The van der Waals surface area contributed by atoms with E-state index in [0.717, 1.165) is 60.5 Å². The number of imide groups is 1. The zero-order valence-corrected chi connectivity index (χ0v) is 20.5. The summed E-state index contributed by atoms with van der Waals surface area (Å²) < 4.78 is 6.02. The lowest BCUT2D eigenvalue weighted by atomic mass is 10.0. The second kappa shape index (κ2) is 8.78. The van der Waals surface area contributed by atoms with Crippen LogP contribution >= 0.6 is 0 Å². The Kier molecular flexibility index (Phi) is 5.37. The third kappa shape index (κ3) is 4.02. The van der Waals surface area contributed by atoms with E-state index in [1.807, 2.05) is 24.4 Å². The highest BCUT2D eigenvalue weighted by atomic mass is 16.5. The van der Waals surface area contributed by atoms with E-state index in [1.54, 1.807) is 4.90 Å². The largest absolute Gasteiger partial charge is 0.377 e. The van der Waals surface area contributed by atoms with Crippen molar-refractivity contribution in [2.75, 3.05) is 19.7 Å². The van der Waals surface area contributed by atoms with Crippen molar-refractivity contribution in [1.82, 2.24) is 25.1 Å². The highest BCUT2D eigenvalue weighted by Gasteiger charge is 2.39. The average Bonchev–Trinajstić information content (AvgIpc) is 3.37. The molecule has 2 bridgehead atoms. The van der Waals surface area contributed by atoms with Crippen molar-refractivity contribution in [3.8, 4) is 11.3 Å². The van der Waals surface area contributed by atoms with Crippen LogP contribution in [-0.2, 0) is 27.4 Å². The van der Waals surface area contributed by atoms with Gasteiger partial charge < -0.3 is 14.6 Å². The number of rotatable bonds is 4. The van der Waals surface area contributed by atoms with Gasteiger partial charge in [-0.2, -0.15) is 0 Å². The molecule has 2 aromatic heterocycles. The fourth-order valence-corrected chi connectivity index (χ4v) is 6.37. The van der Waals surface area contributed by atoms with Gasteiger partial charge >= 0.3 is 0 Å². The number of piperidine rings is 1. The van der Waals surface area contributed by atoms with Crippen molar-refractivity contribution in [2.45, 2.75) is 50.9 Å². The molecule has 3 aromatic rings. The molecule has 3 unspecified atom stereocenters. The maximum absolute atomic E-state index is 13.1. The number of amides is 3. The van der Waals surface area contributed by atoms with Crippen LogP contribution < -0.4 is 5.32 Å². The van der Waals surface area contributed by atoms with Crippen molar-refractivity contribution in [1.29, 1.82) is 0 Å². The number of pyridine rings is 1. The van der Waals surface area contributed by atoms with E-state index in [0.29, 0.717) is 30.6 Å². The lowest BCUT2D eigenvalue weighted by molar-refractivity contribution is -0.136. The van der Waals surface area contributed by atoms with Gasteiger partial charge in [0.1, 0.15) is 11.7 Å². The maximum atomic E-state index is 13.1. The Morgan fingerprint density at radius 2 is 1.97 bits per heavy atom. The van der Waals surface area contributed by atoms with Gasteiger partial charge in [-0.05, 0) is 60.6 Å². The molecule has 4 saturated heterocycles. The molecule has 5 aliphatic heterocycles. The van der Waals surface area contributed by atoms with Crippen LogP contribution in [0.3, 0.4) is 0 Å². The van der Waals surface area contributed by atoms with Gasteiger partial charge in [-0.25, -0.2) is 4.98 Å². The highest BCUT2D eigenvalue weighted by Crippen LogP contribution is 2.33. The fourth-order valence-electron chi connectivity index (χ4n) is 6.37. The van der Waals surface area contributed by atoms with E-state index in [9.17, 15) is 14.4 Å². The number of hydrogen-bond donors (Lipinski definition) is 2. The first kappa shape index (κ1) is 22.6. The molecule has 4 fully saturated rings. The predicted molar refractivity (Wildman–Crippen MR) is 135 cm³/mol. The molecule has 9 heteroatoms. The number of benzene rings is 1. The molecular formula is C28H29N5O4. The molecule has 9 nitrogen and oxygen atoms in total. The summed E-state index contributed by atoms with van der Waals surface area (Å²) in [5.74, 6) is -0.242. The molecule has 0 saturated carbocycles. The number of H-pyrrole nitrogens is 1. The van der Waals surface area contributed by atoms with E-state index >= 15 is 0 Å². The lowest BCUT2D eigenvalue weighted by Crippen LogP contribution is -2.52. The summed E-state index contributed by atoms with van der Waals surface area (Å²) in [4.78, 5) is 49.3. The number of hydrogen-bond acceptors (Lipinski definition) is 6. The monoisotopic (exact) mass is 499 g/mol. The van der Waals surface area contributed by atoms with E-state index in [-0.39, 0.29) is 18.2 Å². The van der Waals surface area contributed by atoms with Gasteiger partial charge in [0.25, 0.3) is 5.91 Å². The molecule has 0 radical (unpaired) electrons. The first-order valence-corrected chi connectivity index (χ1v) is 13.1. The van der Waals surface area contributed by atoms with Crippen molar-refractivity contribution in [3.05, 3.63) is 53.2 Å². The van der Waals surface area contributed by atoms with Gasteiger partial charge in [-0.3, -0.25) is 24.6 Å². The van der Waals surface area contributed by atoms with E-state index in [2.05, 4.69) is 27.3 Å². The Balaban J connectivity index is 1.18. The SMILES string of the molecule is O=C1CCC(N2Cc3cc(-c4cc(CN5CC6CCC(C5)OC6)c5cc[nH]c5n4)ccc3C2=O)C(=O)N1. The van der Waals surface area contributed by atoms with Crippen LogP contribution in [0.25, 0.3) is 22.3 Å². The summed E-state index contributed by atoms with van der Waals surface area (Å²) in [6.07, 6.45) is 5.24. The molecule has 2 N–H and O–H groups in total. The number of carbonyl (C=O) groups is 3. The molecule has 7 heterocycles. The van der Waals surface area contributed by atoms with Crippen LogP contribution in [0.5, 0.6) is 0 Å². The van der Waals surface area contributed by atoms with Crippen LogP contribution in [-0.4, -0.2) is 69.3 Å². The molecule has 3 amide bonds. The Morgan fingerprint density at radius 3 is 2.81 bits per heavy atom. The number of ether oxygens (including phenoxy) is 1. The van der Waals surface area contributed by atoms with Crippen LogP contribution in [0.4, 0.5) is 0 Å². The Morgan fingerprint density at radius 1 is 1.05 bits per heavy atom. The minimum Gasteiger partial charge on any atom is -0.377 e. The van der Waals surface area contributed by atoms with Crippen molar-refractivity contribution < 1.29 is 19.1 Å². The van der Waals surface area contributed by atoms with Gasteiger partial charge in [0.05, 0.1) is 18.4 Å². The summed E-state index contributed by atoms with van der Waals surface area (Å²) in [5.41, 5.74) is 5.35. The molecule has 1 aromatic carbocycles. The molecular weight excluding hydrogens is 470 g/mol. The van der Waals surface area contributed by atoms with E-state index < -0.39 is 11.9 Å². The van der Waals surface area contributed by atoms with Crippen LogP contribution in [0.2, 0.25) is 0 Å². The quantitative estimate of drug-likeness (QED) is 0.535. The molecule has 5 aliphatic rings. The summed E-state index contributed by atoms with van der Waals surface area (Å²) >= 11 is 0. The first-order chi connectivity index (χ1) is 18.0. The number of fused-ring (bicyclic) bond motifs is 6. The Bertz CT molecular complexity index is 1410. The molecule has 0 aliphatic carbocycles. The topological polar surface area (TPSA) is 108 Å². The summed E-state index contributed by atoms with van der Waals surface area (Å²) in [7, 11) is 0. The second-order valence-corrected chi connectivity index (χ2v) is 10.8. The minimum absolute atomic E-state index is 0.164. The number of aromatic nitrogens is 2. The summed E-state index contributed by atoms with van der Waals surface area (Å²) in [6.45, 7) is 4.07. The highest BCUT2D eigenvalue weighted by molar-refractivity contribution is 6.05. The molecule has 190 valence electrons. The number of aromatic amines is 1. The second-order valence-electron chi connectivity index (χ2n) is 10.8. The zero-order chi connectivity index (χ0) is 25.1. The fraction of sp³-hybridized carbons (Fsp3) is 0.429. The molecule has 0 spiro atoms. The third-order valence-corrected chi connectivity index (χ3v) is 8.27. The van der Waals surface area contributed by atoms with Gasteiger partial charge in [0, 0.05) is 55.3 Å². The van der Waals surface area contributed by atoms with Crippen molar-refractivity contribution >= 4 is 28.8 Å². The van der Waals surface area contributed by atoms with Gasteiger partial charge in [0.15, 0.2) is 0 Å². The normalized spacial score (nSPS) is 26.0. The Labute approximate surface area is 214 Å². The standard InChI is InChI=1S/C28H29N5O4/c34-25-6-5-24(27(35)31-25)33-13-18-9-17(2-4-22(18)28(33)36)23-10-19(21-7-8-29-26(21)30-23)12-32-11-16-1-3-20(14-32)37-15-16/h2,4,7-10,16,20,24H,1,3,5-6,11-15H2,(H,29,30)(H,31,34,35). The van der Waals surface area contributed by atoms with Gasteiger partial charge in [-0.1, -0.05) is 6.07 Å². The number of nitrogens with one attached hydrogen (secondary N) is 2. The van der Waals surface area contributed by atoms with Crippen LogP contribution in [0, 0.1) is 5.92 Å². The van der Waals surface area contributed by atoms with Crippen molar-refractivity contribution in [3.63, 3.8) is 0 Å². The smallest absolute Gasteiger partial charge is 0.255 e. The van der Waals surface area contributed by atoms with Gasteiger partial charge in [0.2, 0.25) is 11.8 Å². The van der Waals surface area contributed by atoms with E-state index in [1.165, 1.54) is 12.0 Å². The minimum atomic E-state index is -0.617. The number of carbonyl (C=O) groups excluding carboxylic acids is 3. The summed E-state index contributed by atoms with van der Waals surface area (Å²) in [5, 5.41) is 3.49. The molecule has 8 rings (SSSR count). The lowest BCUT2D eigenvalue weighted by Gasteiger charge is -2.29. The average molecular weight is 500 g/mol. The van der Waals surface area contributed by atoms with E-state index in [4.69, 9.17) is 9.72 Å². The van der Waals surface area contributed by atoms with Crippen molar-refractivity contribution in [2.24, 2.45) is 5.92 Å². The summed E-state index contributed by atoms with van der Waals surface area (Å²) in [6, 6.07) is 9.42. The molecule has 37 heavy (non-hydrogen) atoms. The maximum Gasteiger partial charge on any atom is 0.255 e. The molecule has 3 atom stereocenters. The first-order valence-electron chi connectivity index (χ1n) is 13.1. The van der Waals surface area contributed by atoms with Gasteiger partial charge in [-0.15, -0.1) is 0 Å². The van der Waals surface area contributed by atoms with Crippen LogP contribution in [0.15, 0.2) is 36.5 Å². The number of nitrogens with zero attached hydrogens (tertiary/aromatic N) is 3. The van der Waals surface area contributed by atoms with Crippen LogP contribution in [0.1, 0.15) is 47.2 Å². The predicted octanol–water partition coefficient (Wildman–Crippen LogP) is 2.60. The third-order valence-electron chi connectivity index (χ3n) is 8.27.